The molecule has 20 heavy (non-hydrogen) atoms. The summed E-state index contributed by atoms with van der Waals surface area (Å²) in [7, 11) is 0. The summed E-state index contributed by atoms with van der Waals surface area (Å²) in [6.45, 7) is 4.62. The molecule has 2 heteroatoms. The Balaban J connectivity index is 2.05. The summed E-state index contributed by atoms with van der Waals surface area (Å²) >= 11 is 0. The van der Waals surface area contributed by atoms with Crippen LogP contribution in [0.2, 0.25) is 0 Å². The molecule has 1 N–H and O–H groups in total. The fraction of sp³-hybridized carbons (Fsp3) is 0.500. The van der Waals surface area contributed by atoms with Gasteiger partial charge >= 0.3 is 0 Å². The van der Waals surface area contributed by atoms with Crippen molar-refractivity contribution in [2.75, 3.05) is 0 Å². The quantitative estimate of drug-likeness (QED) is 0.778. The third-order valence-corrected chi connectivity index (χ3v) is 4.84. The highest BCUT2D eigenvalue weighted by atomic mass is 16.3. The maximum atomic E-state index is 11.2. The molecule has 2 aromatic rings. The first kappa shape index (κ1) is 13.6. The molecular formula is C18H23NO. The van der Waals surface area contributed by atoms with Gasteiger partial charge in [-0.05, 0) is 54.5 Å². The number of pyridine rings is 1. The molecule has 0 aliphatic heterocycles. The number of rotatable bonds is 1. The van der Waals surface area contributed by atoms with Crippen molar-refractivity contribution in [3.63, 3.8) is 0 Å². The van der Waals surface area contributed by atoms with Crippen molar-refractivity contribution in [2.24, 2.45) is 5.41 Å². The van der Waals surface area contributed by atoms with Gasteiger partial charge in [0.05, 0.1) is 5.60 Å². The lowest BCUT2D eigenvalue weighted by atomic mass is 9.81. The first-order valence-corrected chi connectivity index (χ1v) is 7.56. The first-order valence-electron chi connectivity index (χ1n) is 7.56. The van der Waals surface area contributed by atoms with E-state index in [1.807, 2.05) is 24.5 Å². The molecule has 2 nitrogen and oxygen atoms in total. The van der Waals surface area contributed by atoms with Crippen LogP contribution < -0.4 is 0 Å². The number of aliphatic hydroxyl groups is 1. The van der Waals surface area contributed by atoms with Gasteiger partial charge in [0.2, 0.25) is 0 Å². The number of hydrogen-bond donors (Lipinski definition) is 1. The molecule has 1 aliphatic rings. The van der Waals surface area contributed by atoms with Crippen LogP contribution >= 0.6 is 0 Å². The fourth-order valence-corrected chi connectivity index (χ4v) is 3.44. The minimum Gasteiger partial charge on any atom is -0.385 e. The van der Waals surface area contributed by atoms with Crippen molar-refractivity contribution < 1.29 is 5.11 Å². The smallest absolute Gasteiger partial charge is 0.0903 e. The number of hydrogen-bond acceptors (Lipinski definition) is 2. The van der Waals surface area contributed by atoms with Crippen molar-refractivity contribution in [1.29, 1.82) is 0 Å². The van der Waals surface area contributed by atoms with Crippen LogP contribution in [0.15, 0.2) is 36.7 Å². The van der Waals surface area contributed by atoms with Crippen LogP contribution in [0, 0.1) is 5.41 Å². The van der Waals surface area contributed by atoms with Crippen LogP contribution in [0.4, 0.5) is 0 Å². The molecular weight excluding hydrogens is 246 g/mol. The summed E-state index contributed by atoms with van der Waals surface area (Å²) in [6.07, 6.45) is 8.74. The van der Waals surface area contributed by atoms with Gasteiger partial charge in [-0.15, -0.1) is 0 Å². The SMILES string of the molecule is CC1(C)CCCC(O)(c2cccc3ccncc23)CC1. The zero-order chi connectivity index (χ0) is 14.2. The van der Waals surface area contributed by atoms with Crippen molar-refractivity contribution in [3.05, 3.63) is 42.2 Å². The Labute approximate surface area is 120 Å². The van der Waals surface area contributed by atoms with Gasteiger partial charge in [0.25, 0.3) is 0 Å². The van der Waals surface area contributed by atoms with Crippen molar-refractivity contribution in [3.8, 4) is 0 Å². The second-order valence-electron chi connectivity index (χ2n) is 6.95. The van der Waals surface area contributed by atoms with Crippen LogP contribution in [-0.4, -0.2) is 10.1 Å². The Kier molecular flexibility index (Phi) is 3.29. The summed E-state index contributed by atoms with van der Waals surface area (Å²) in [5.41, 5.74) is 0.699. The Bertz CT molecular complexity index is 614. The number of benzene rings is 1. The first-order chi connectivity index (χ1) is 9.50. The molecule has 1 aromatic carbocycles. The third kappa shape index (κ3) is 2.45. The van der Waals surface area contributed by atoms with Crippen LogP contribution in [0.3, 0.4) is 0 Å². The third-order valence-electron chi connectivity index (χ3n) is 4.84. The molecule has 0 saturated heterocycles. The van der Waals surface area contributed by atoms with E-state index in [-0.39, 0.29) is 0 Å². The molecule has 1 saturated carbocycles. The lowest BCUT2D eigenvalue weighted by Crippen LogP contribution is -2.25. The number of aromatic nitrogens is 1. The van der Waals surface area contributed by atoms with Crippen molar-refractivity contribution >= 4 is 10.8 Å². The minimum absolute atomic E-state index is 0.341. The van der Waals surface area contributed by atoms with E-state index in [1.165, 1.54) is 6.42 Å². The zero-order valence-corrected chi connectivity index (χ0v) is 12.4. The average Bonchev–Trinajstić information content (AvgIpc) is 2.58. The molecule has 1 aliphatic carbocycles. The summed E-state index contributed by atoms with van der Waals surface area (Å²) < 4.78 is 0. The van der Waals surface area contributed by atoms with E-state index in [4.69, 9.17) is 0 Å². The van der Waals surface area contributed by atoms with Crippen LogP contribution in [0.1, 0.15) is 51.5 Å². The highest BCUT2D eigenvalue weighted by Gasteiger charge is 2.36. The van der Waals surface area contributed by atoms with E-state index in [2.05, 4.69) is 31.0 Å². The molecule has 0 amide bonds. The summed E-state index contributed by atoms with van der Waals surface area (Å²) in [4.78, 5) is 4.24. The average molecular weight is 269 g/mol. The summed E-state index contributed by atoms with van der Waals surface area (Å²) in [5, 5.41) is 13.5. The Morgan fingerprint density at radius 2 is 1.90 bits per heavy atom. The molecule has 106 valence electrons. The van der Waals surface area contributed by atoms with E-state index in [9.17, 15) is 5.11 Å². The van der Waals surface area contributed by atoms with Crippen molar-refractivity contribution in [1.82, 2.24) is 4.98 Å². The van der Waals surface area contributed by atoms with Gasteiger partial charge in [-0.2, -0.15) is 0 Å². The highest BCUT2D eigenvalue weighted by molar-refractivity contribution is 5.85. The molecule has 1 fully saturated rings. The lowest BCUT2D eigenvalue weighted by molar-refractivity contribution is 0.0195. The lowest BCUT2D eigenvalue weighted by Gasteiger charge is -2.29. The summed E-state index contributed by atoms with van der Waals surface area (Å²) in [6, 6.07) is 8.22. The Hall–Kier alpha value is -1.41. The standard InChI is InChI=1S/C18H23NO/c1-17(2)8-4-9-18(20,11-10-17)16-6-3-5-14-7-12-19-13-15(14)16/h3,5-7,12-13,20H,4,8-11H2,1-2H3. The molecule has 0 bridgehead atoms. The molecule has 0 spiro atoms. The predicted molar refractivity (Wildman–Crippen MR) is 82.5 cm³/mol. The number of fused-ring (bicyclic) bond motifs is 1. The van der Waals surface area contributed by atoms with Gasteiger partial charge in [-0.1, -0.05) is 32.0 Å². The number of nitrogens with zero attached hydrogens (tertiary/aromatic N) is 1. The maximum absolute atomic E-state index is 11.2. The van der Waals surface area contributed by atoms with E-state index in [1.54, 1.807) is 0 Å². The van der Waals surface area contributed by atoms with Gasteiger partial charge in [-0.25, -0.2) is 0 Å². The van der Waals surface area contributed by atoms with Gasteiger partial charge < -0.3 is 5.11 Å². The van der Waals surface area contributed by atoms with E-state index < -0.39 is 5.60 Å². The van der Waals surface area contributed by atoms with E-state index in [0.29, 0.717) is 5.41 Å². The van der Waals surface area contributed by atoms with E-state index >= 15 is 0 Å². The van der Waals surface area contributed by atoms with Crippen LogP contribution in [-0.2, 0) is 5.60 Å². The van der Waals surface area contributed by atoms with Crippen LogP contribution in [0.5, 0.6) is 0 Å². The minimum atomic E-state index is -0.698. The highest BCUT2D eigenvalue weighted by Crippen LogP contribution is 2.44. The second kappa shape index (κ2) is 4.85. The van der Waals surface area contributed by atoms with Crippen LogP contribution in [0.25, 0.3) is 10.8 Å². The zero-order valence-electron chi connectivity index (χ0n) is 12.4. The van der Waals surface area contributed by atoms with Gasteiger partial charge in [0.1, 0.15) is 0 Å². The second-order valence-corrected chi connectivity index (χ2v) is 6.95. The normalized spacial score (nSPS) is 26.4. The molecule has 1 heterocycles. The van der Waals surface area contributed by atoms with Crippen molar-refractivity contribution in [2.45, 2.75) is 51.6 Å². The van der Waals surface area contributed by atoms with Gasteiger partial charge in [0, 0.05) is 17.8 Å². The maximum Gasteiger partial charge on any atom is 0.0903 e. The summed E-state index contributed by atoms with van der Waals surface area (Å²) in [5.74, 6) is 0. The van der Waals surface area contributed by atoms with E-state index in [0.717, 1.165) is 42.0 Å². The largest absolute Gasteiger partial charge is 0.385 e. The van der Waals surface area contributed by atoms with Gasteiger partial charge in [-0.3, -0.25) is 4.98 Å². The molecule has 1 atom stereocenters. The topological polar surface area (TPSA) is 33.1 Å². The fourth-order valence-electron chi connectivity index (χ4n) is 3.44. The Morgan fingerprint density at radius 1 is 1.05 bits per heavy atom. The molecule has 1 unspecified atom stereocenters. The predicted octanol–water partition coefficient (Wildman–Crippen LogP) is 4.41. The van der Waals surface area contributed by atoms with Gasteiger partial charge in [0.15, 0.2) is 0 Å². The molecule has 1 aromatic heterocycles. The molecule has 0 radical (unpaired) electrons. The Morgan fingerprint density at radius 3 is 2.75 bits per heavy atom. The molecule has 3 rings (SSSR count). The monoisotopic (exact) mass is 269 g/mol.